The Kier molecular flexibility index (Phi) is 7.28. The first-order chi connectivity index (χ1) is 10.5. The molecule has 0 saturated carbocycles. The highest BCUT2D eigenvalue weighted by molar-refractivity contribution is 7.10. The van der Waals surface area contributed by atoms with E-state index in [1.807, 2.05) is 61.7 Å². The van der Waals surface area contributed by atoms with Crippen molar-refractivity contribution in [2.75, 3.05) is 0 Å². The van der Waals surface area contributed by atoms with Crippen molar-refractivity contribution < 1.29 is 15.0 Å². The molecule has 120 valence electrons. The molecule has 0 spiro atoms. The first-order valence-electron chi connectivity index (χ1n) is 7.47. The molecule has 0 bridgehead atoms. The average molecular weight is 320 g/mol. The van der Waals surface area contributed by atoms with Gasteiger partial charge in [0.25, 0.3) is 0 Å². The van der Waals surface area contributed by atoms with E-state index in [1.165, 1.54) is 11.3 Å². The van der Waals surface area contributed by atoms with Gasteiger partial charge in [-0.25, -0.2) is 0 Å². The molecule has 2 rings (SSSR count). The first-order valence-corrected chi connectivity index (χ1v) is 8.35. The molecule has 22 heavy (non-hydrogen) atoms. The molecular weight excluding hydrogens is 296 g/mol. The Hall–Kier alpha value is -1.65. The average Bonchev–Trinajstić information content (AvgIpc) is 3.09. The number of hydrogen-bond acceptors (Lipinski definition) is 3. The number of aliphatic carboxylic acids is 1. The predicted octanol–water partition coefficient (Wildman–Crippen LogP) is 4.31. The van der Waals surface area contributed by atoms with Crippen LogP contribution in [0.3, 0.4) is 0 Å². The van der Waals surface area contributed by atoms with Gasteiger partial charge in [0.1, 0.15) is 5.41 Å². The largest absolute Gasteiger partial charge is 0.480 e. The number of benzene rings is 1. The number of carboxylic acid groups (broad SMARTS) is 1. The Morgan fingerprint density at radius 2 is 1.73 bits per heavy atom. The van der Waals surface area contributed by atoms with Crippen LogP contribution in [0, 0.1) is 0 Å². The molecule has 0 saturated heterocycles. The van der Waals surface area contributed by atoms with Gasteiger partial charge >= 0.3 is 5.97 Å². The van der Waals surface area contributed by atoms with Crippen LogP contribution in [-0.4, -0.2) is 22.3 Å². The third-order valence-corrected chi connectivity index (χ3v) is 4.83. The number of carboxylic acids is 1. The Bertz CT molecular complexity index is 547. The van der Waals surface area contributed by atoms with Crippen LogP contribution in [0.5, 0.6) is 0 Å². The quantitative estimate of drug-likeness (QED) is 0.863. The lowest BCUT2D eigenvalue weighted by molar-refractivity contribution is -0.141. The molecule has 2 aromatic rings. The maximum absolute atomic E-state index is 11.5. The Labute approximate surface area is 136 Å². The molecule has 3 nitrogen and oxygen atoms in total. The minimum absolute atomic E-state index is 0.0648. The van der Waals surface area contributed by atoms with Gasteiger partial charge in [0.2, 0.25) is 0 Å². The van der Waals surface area contributed by atoms with Crippen molar-refractivity contribution in [2.24, 2.45) is 0 Å². The monoisotopic (exact) mass is 320 g/mol. The fraction of sp³-hybridized carbons (Fsp3) is 0.389. The van der Waals surface area contributed by atoms with Crippen LogP contribution in [-0.2, 0) is 10.2 Å². The smallest absolute Gasteiger partial charge is 0.319 e. The predicted molar refractivity (Wildman–Crippen MR) is 91.4 cm³/mol. The van der Waals surface area contributed by atoms with E-state index in [4.69, 9.17) is 5.11 Å². The lowest BCUT2D eigenvalue weighted by Gasteiger charge is -2.23. The van der Waals surface area contributed by atoms with Gasteiger partial charge in [-0.1, -0.05) is 50.2 Å². The van der Waals surface area contributed by atoms with Crippen molar-refractivity contribution in [3.8, 4) is 0 Å². The van der Waals surface area contributed by atoms with Gasteiger partial charge in [0, 0.05) is 4.88 Å². The van der Waals surface area contributed by atoms with Crippen LogP contribution in [0.4, 0.5) is 0 Å². The summed E-state index contributed by atoms with van der Waals surface area (Å²) in [5.41, 5.74) is -0.139. The summed E-state index contributed by atoms with van der Waals surface area (Å²) in [4.78, 5) is 12.4. The SMILES string of the molecule is CC(C(=O)O)(c1ccccc1)c1cccs1.CCC(O)CC. The topological polar surface area (TPSA) is 57.5 Å². The van der Waals surface area contributed by atoms with E-state index in [0.29, 0.717) is 0 Å². The molecule has 1 unspecified atom stereocenters. The molecule has 4 heteroatoms. The maximum Gasteiger partial charge on any atom is 0.319 e. The normalized spacial score (nSPS) is 13.1. The fourth-order valence-electron chi connectivity index (χ4n) is 1.99. The highest BCUT2D eigenvalue weighted by Gasteiger charge is 2.37. The van der Waals surface area contributed by atoms with Gasteiger partial charge in [0.05, 0.1) is 6.10 Å². The molecule has 0 amide bonds. The number of aliphatic hydroxyl groups is 1. The van der Waals surface area contributed by atoms with E-state index >= 15 is 0 Å². The van der Waals surface area contributed by atoms with Gasteiger partial charge in [-0.05, 0) is 36.8 Å². The summed E-state index contributed by atoms with van der Waals surface area (Å²) in [5, 5.41) is 20.0. The highest BCUT2D eigenvalue weighted by Crippen LogP contribution is 2.34. The molecule has 1 aromatic heterocycles. The Morgan fingerprint density at radius 3 is 2.09 bits per heavy atom. The molecule has 1 atom stereocenters. The van der Waals surface area contributed by atoms with E-state index in [9.17, 15) is 9.90 Å². The second kappa shape index (κ2) is 8.71. The van der Waals surface area contributed by atoms with Crippen molar-refractivity contribution in [3.05, 3.63) is 58.3 Å². The van der Waals surface area contributed by atoms with Gasteiger partial charge < -0.3 is 10.2 Å². The van der Waals surface area contributed by atoms with Crippen molar-refractivity contribution in [2.45, 2.75) is 45.1 Å². The minimum Gasteiger partial charge on any atom is -0.480 e. The number of thiophene rings is 1. The Morgan fingerprint density at radius 1 is 1.14 bits per heavy atom. The molecule has 1 heterocycles. The standard InChI is InChI=1S/C13H12O2S.C5H12O/c1-13(12(14)15,11-8-5-9-16-11)10-6-3-2-4-7-10;1-3-5(6)4-2/h2-9H,1H3,(H,14,15);5-6H,3-4H2,1-2H3. The molecule has 1 aromatic carbocycles. The zero-order chi connectivity index (χ0) is 16.6. The molecule has 0 aliphatic heterocycles. The summed E-state index contributed by atoms with van der Waals surface area (Å²) < 4.78 is 0. The molecular formula is C18H24O3S. The summed E-state index contributed by atoms with van der Waals surface area (Å²) in [6, 6.07) is 13.1. The summed E-state index contributed by atoms with van der Waals surface area (Å²) in [6.07, 6.45) is 1.71. The van der Waals surface area contributed by atoms with Crippen LogP contribution >= 0.6 is 11.3 Å². The van der Waals surface area contributed by atoms with Gasteiger partial charge in [-0.15, -0.1) is 11.3 Å². The lowest BCUT2D eigenvalue weighted by Crippen LogP contribution is -2.32. The van der Waals surface area contributed by atoms with Crippen molar-refractivity contribution >= 4 is 17.3 Å². The fourth-order valence-corrected chi connectivity index (χ4v) is 2.90. The van der Waals surface area contributed by atoms with E-state index in [-0.39, 0.29) is 6.10 Å². The van der Waals surface area contributed by atoms with Gasteiger partial charge in [-0.3, -0.25) is 4.79 Å². The van der Waals surface area contributed by atoms with Gasteiger partial charge in [-0.2, -0.15) is 0 Å². The van der Waals surface area contributed by atoms with Crippen molar-refractivity contribution in [3.63, 3.8) is 0 Å². The van der Waals surface area contributed by atoms with E-state index < -0.39 is 11.4 Å². The maximum atomic E-state index is 11.5. The minimum atomic E-state index is -0.949. The summed E-state index contributed by atoms with van der Waals surface area (Å²) >= 11 is 1.47. The number of carbonyl (C=O) groups is 1. The number of hydrogen-bond donors (Lipinski definition) is 2. The van der Waals surface area contributed by atoms with Crippen molar-refractivity contribution in [1.29, 1.82) is 0 Å². The molecule has 0 aliphatic rings. The van der Waals surface area contributed by atoms with Crippen LogP contribution in [0.1, 0.15) is 44.1 Å². The van der Waals surface area contributed by atoms with E-state index in [1.54, 1.807) is 6.92 Å². The second-order valence-electron chi connectivity index (χ2n) is 5.24. The van der Waals surface area contributed by atoms with Crippen LogP contribution in [0.15, 0.2) is 47.8 Å². The molecule has 0 aliphatic carbocycles. The van der Waals surface area contributed by atoms with E-state index in [0.717, 1.165) is 23.3 Å². The van der Waals surface area contributed by atoms with Crippen LogP contribution in [0.2, 0.25) is 0 Å². The molecule has 0 radical (unpaired) electrons. The first kappa shape index (κ1) is 18.4. The second-order valence-corrected chi connectivity index (χ2v) is 6.19. The number of rotatable bonds is 5. The molecule has 0 fully saturated rings. The summed E-state index contributed by atoms with van der Waals surface area (Å²) in [6.45, 7) is 5.71. The third-order valence-electron chi connectivity index (χ3n) is 3.74. The zero-order valence-corrected chi connectivity index (χ0v) is 14.1. The van der Waals surface area contributed by atoms with E-state index in [2.05, 4.69) is 0 Å². The van der Waals surface area contributed by atoms with Crippen molar-refractivity contribution in [1.82, 2.24) is 0 Å². The summed E-state index contributed by atoms with van der Waals surface area (Å²) in [7, 11) is 0. The summed E-state index contributed by atoms with van der Waals surface area (Å²) in [5.74, 6) is -0.818. The third kappa shape index (κ3) is 4.42. The Balaban J connectivity index is 0.000000346. The van der Waals surface area contributed by atoms with Crippen LogP contribution < -0.4 is 0 Å². The lowest BCUT2D eigenvalue weighted by atomic mass is 9.81. The number of aliphatic hydroxyl groups excluding tert-OH is 1. The van der Waals surface area contributed by atoms with Crippen LogP contribution in [0.25, 0.3) is 0 Å². The van der Waals surface area contributed by atoms with Gasteiger partial charge in [0.15, 0.2) is 0 Å². The zero-order valence-electron chi connectivity index (χ0n) is 13.3. The molecule has 2 N–H and O–H groups in total. The highest BCUT2D eigenvalue weighted by atomic mass is 32.1.